The fourth-order valence-corrected chi connectivity index (χ4v) is 1.68. The number of hydrogen-bond donors (Lipinski definition) is 2. The molecule has 5 nitrogen and oxygen atoms in total. The van der Waals surface area contributed by atoms with Crippen LogP contribution in [-0.4, -0.2) is 16.8 Å². The molecule has 1 aromatic heterocycles. The number of thiazole rings is 1. The van der Waals surface area contributed by atoms with E-state index in [1.54, 1.807) is 5.38 Å². The number of anilines is 2. The van der Waals surface area contributed by atoms with Crippen molar-refractivity contribution in [1.29, 1.82) is 0 Å². The maximum absolute atomic E-state index is 12.6. The van der Waals surface area contributed by atoms with Gasteiger partial charge in [-0.05, 0) is 24.3 Å². The highest BCUT2D eigenvalue weighted by Crippen LogP contribution is 2.11. The summed E-state index contributed by atoms with van der Waals surface area (Å²) in [6.07, 6.45) is 1.51. The molecule has 0 fully saturated rings. The molecule has 7 heteroatoms. The van der Waals surface area contributed by atoms with Crippen molar-refractivity contribution in [1.82, 2.24) is 4.98 Å². The number of carbonyl (C=O) groups excluding carboxylic acids is 2. The molecule has 0 aliphatic rings. The molecule has 0 unspecified atom stereocenters. The summed E-state index contributed by atoms with van der Waals surface area (Å²) in [6.45, 7) is 0. The Balaban J connectivity index is 1.95. The van der Waals surface area contributed by atoms with Crippen molar-refractivity contribution in [2.75, 3.05) is 10.6 Å². The third-order valence-electron chi connectivity index (χ3n) is 1.96. The minimum Gasteiger partial charge on any atom is -0.318 e. The Kier molecular flexibility index (Phi) is 3.63. The zero-order valence-corrected chi connectivity index (χ0v) is 9.83. The lowest BCUT2D eigenvalue weighted by atomic mass is 10.3. The first kappa shape index (κ1) is 12.2. The Morgan fingerprint density at radius 1 is 1.11 bits per heavy atom. The summed E-state index contributed by atoms with van der Waals surface area (Å²) in [5.41, 5.74) is 0.343. The van der Waals surface area contributed by atoms with Gasteiger partial charge in [-0.15, -0.1) is 11.3 Å². The highest BCUT2D eigenvalue weighted by molar-refractivity contribution is 7.13. The summed E-state index contributed by atoms with van der Waals surface area (Å²) >= 11 is 1.20. The van der Waals surface area contributed by atoms with Crippen LogP contribution >= 0.6 is 11.3 Å². The maximum Gasteiger partial charge on any atom is 0.315 e. The first-order valence-corrected chi connectivity index (χ1v) is 5.80. The fraction of sp³-hybridized carbons (Fsp3) is 0. The van der Waals surface area contributed by atoms with Gasteiger partial charge in [0.05, 0.1) is 0 Å². The topological polar surface area (TPSA) is 71.1 Å². The third kappa shape index (κ3) is 3.11. The van der Waals surface area contributed by atoms with Gasteiger partial charge in [-0.2, -0.15) is 0 Å². The molecular weight excluding hydrogens is 257 g/mol. The van der Waals surface area contributed by atoms with E-state index in [4.69, 9.17) is 0 Å². The van der Waals surface area contributed by atoms with E-state index in [1.165, 1.54) is 41.8 Å². The second-order valence-corrected chi connectivity index (χ2v) is 4.15. The summed E-state index contributed by atoms with van der Waals surface area (Å²) in [5.74, 6) is -2.08. The van der Waals surface area contributed by atoms with E-state index < -0.39 is 17.6 Å². The minimum atomic E-state index is -0.836. The second-order valence-electron chi connectivity index (χ2n) is 3.25. The lowest BCUT2D eigenvalue weighted by Gasteiger charge is -2.04. The smallest absolute Gasteiger partial charge is 0.315 e. The Morgan fingerprint density at radius 2 is 1.78 bits per heavy atom. The first-order valence-electron chi connectivity index (χ1n) is 4.92. The van der Waals surface area contributed by atoms with E-state index in [2.05, 4.69) is 15.6 Å². The number of hydrogen-bond acceptors (Lipinski definition) is 4. The van der Waals surface area contributed by atoms with Crippen LogP contribution in [0.15, 0.2) is 35.8 Å². The third-order valence-corrected chi connectivity index (χ3v) is 2.65. The summed E-state index contributed by atoms with van der Waals surface area (Å²) in [5, 5.41) is 6.69. The molecule has 1 heterocycles. The Bertz CT molecular complexity index is 554. The van der Waals surface area contributed by atoms with E-state index in [0.29, 0.717) is 10.8 Å². The summed E-state index contributed by atoms with van der Waals surface area (Å²) < 4.78 is 12.6. The normalized spacial score (nSPS) is 9.83. The van der Waals surface area contributed by atoms with Crippen LogP contribution in [-0.2, 0) is 9.59 Å². The predicted molar refractivity (Wildman–Crippen MR) is 65.8 cm³/mol. The molecular formula is C11H8FN3O2S. The quantitative estimate of drug-likeness (QED) is 0.814. The predicted octanol–water partition coefficient (Wildman–Crippen LogP) is 1.86. The molecule has 0 aliphatic carbocycles. The fourth-order valence-electron chi connectivity index (χ4n) is 1.16. The largest absolute Gasteiger partial charge is 0.318 e. The van der Waals surface area contributed by atoms with Gasteiger partial charge in [0.15, 0.2) is 5.13 Å². The zero-order chi connectivity index (χ0) is 13.0. The molecule has 18 heavy (non-hydrogen) atoms. The molecule has 0 radical (unpaired) electrons. The molecule has 0 aliphatic heterocycles. The van der Waals surface area contributed by atoms with Crippen molar-refractivity contribution in [3.05, 3.63) is 41.7 Å². The van der Waals surface area contributed by atoms with E-state index in [9.17, 15) is 14.0 Å². The van der Waals surface area contributed by atoms with E-state index in [1.807, 2.05) is 0 Å². The number of halogens is 1. The van der Waals surface area contributed by atoms with Crippen molar-refractivity contribution in [3.8, 4) is 0 Å². The molecule has 1 aromatic carbocycles. The van der Waals surface area contributed by atoms with Crippen molar-refractivity contribution >= 4 is 34.0 Å². The van der Waals surface area contributed by atoms with Gasteiger partial charge in [0, 0.05) is 17.3 Å². The van der Waals surface area contributed by atoms with E-state index >= 15 is 0 Å². The van der Waals surface area contributed by atoms with Crippen LogP contribution in [0.5, 0.6) is 0 Å². The summed E-state index contributed by atoms with van der Waals surface area (Å²) in [6, 6.07) is 5.11. The van der Waals surface area contributed by atoms with Crippen LogP contribution in [0, 0.1) is 5.82 Å². The lowest BCUT2D eigenvalue weighted by Crippen LogP contribution is -2.28. The van der Waals surface area contributed by atoms with Crippen LogP contribution < -0.4 is 10.6 Å². The highest BCUT2D eigenvalue weighted by Gasteiger charge is 2.14. The molecule has 2 amide bonds. The molecule has 0 spiro atoms. The van der Waals surface area contributed by atoms with Gasteiger partial charge >= 0.3 is 11.8 Å². The number of amides is 2. The number of rotatable bonds is 2. The molecule has 0 saturated heterocycles. The molecule has 0 bridgehead atoms. The van der Waals surface area contributed by atoms with Gasteiger partial charge < -0.3 is 5.32 Å². The van der Waals surface area contributed by atoms with E-state index in [0.717, 1.165) is 0 Å². The summed E-state index contributed by atoms with van der Waals surface area (Å²) in [4.78, 5) is 26.7. The molecule has 0 saturated carbocycles. The lowest BCUT2D eigenvalue weighted by molar-refractivity contribution is -0.132. The van der Waals surface area contributed by atoms with Crippen LogP contribution in [0.3, 0.4) is 0 Å². The number of aromatic nitrogens is 1. The SMILES string of the molecule is O=C(Nc1ccc(F)cc1)C(=O)Nc1nccs1. The van der Waals surface area contributed by atoms with Gasteiger partial charge in [-0.1, -0.05) is 0 Å². The van der Waals surface area contributed by atoms with Crippen molar-refractivity contribution in [2.45, 2.75) is 0 Å². The number of benzene rings is 1. The van der Waals surface area contributed by atoms with Crippen LogP contribution in [0.4, 0.5) is 15.2 Å². The van der Waals surface area contributed by atoms with Crippen LogP contribution in [0.1, 0.15) is 0 Å². The maximum atomic E-state index is 12.6. The van der Waals surface area contributed by atoms with Crippen molar-refractivity contribution in [2.24, 2.45) is 0 Å². The van der Waals surface area contributed by atoms with Gasteiger partial charge in [0.2, 0.25) is 0 Å². The number of carbonyl (C=O) groups is 2. The molecule has 2 aromatic rings. The van der Waals surface area contributed by atoms with Gasteiger partial charge in [0.1, 0.15) is 5.82 Å². The highest BCUT2D eigenvalue weighted by atomic mass is 32.1. The molecule has 0 atom stereocenters. The zero-order valence-electron chi connectivity index (χ0n) is 9.01. The van der Waals surface area contributed by atoms with Crippen LogP contribution in [0.25, 0.3) is 0 Å². The van der Waals surface area contributed by atoms with E-state index in [-0.39, 0.29) is 0 Å². The molecule has 2 N–H and O–H groups in total. The molecule has 92 valence electrons. The van der Waals surface area contributed by atoms with Gasteiger partial charge in [-0.3, -0.25) is 14.9 Å². The average Bonchev–Trinajstić information content (AvgIpc) is 2.85. The Morgan fingerprint density at radius 3 is 2.39 bits per heavy atom. The van der Waals surface area contributed by atoms with Crippen molar-refractivity contribution in [3.63, 3.8) is 0 Å². The number of nitrogens with zero attached hydrogens (tertiary/aromatic N) is 1. The second kappa shape index (κ2) is 5.37. The Hall–Kier alpha value is -2.28. The first-order chi connectivity index (χ1) is 8.65. The monoisotopic (exact) mass is 265 g/mol. The van der Waals surface area contributed by atoms with Crippen molar-refractivity contribution < 1.29 is 14.0 Å². The van der Waals surface area contributed by atoms with Crippen LogP contribution in [0.2, 0.25) is 0 Å². The molecule has 2 rings (SSSR count). The minimum absolute atomic E-state index is 0.342. The number of nitrogens with one attached hydrogen (secondary N) is 2. The van der Waals surface area contributed by atoms with Gasteiger partial charge in [-0.25, -0.2) is 9.37 Å². The average molecular weight is 265 g/mol. The van der Waals surface area contributed by atoms with Gasteiger partial charge in [0.25, 0.3) is 0 Å². The summed E-state index contributed by atoms with van der Waals surface area (Å²) in [7, 11) is 0. The standard InChI is InChI=1S/C11H8FN3O2S/c12-7-1-3-8(4-2-7)14-9(16)10(17)15-11-13-5-6-18-11/h1-6H,(H,14,16)(H,13,15,17). The Labute approximate surface area is 106 Å².